The molecule has 0 radical (unpaired) electrons. The summed E-state index contributed by atoms with van der Waals surface area (Å²) in [4.78, 5) is 53.7. The summed E-state index contributed by atoms with van der Waals surface area (Å²) in [6, 6.07) is 2.21. The van der Waals surface area contributed by atoms with Gasteiger partial charge in [-0.25, -0.2) is 14.3 Å². The van der Waals surface area contributed by atoms with Crippen molar-refractivity contribution in [3.05, 3.63) is 65.2 Å². The van der Waals surface area contributed by atoms with Gasteiger partial charge in [-0.3, -0.25) is 37.8 Å². The predicted octanol–water partition coefficient (Wildman–Crippen LogP) is 4.85. The quantitative estimate of drug-likeness (QED) is 0.0936. The maximum absolute atomic E-state index is 13.3. The van der Waals surface area contributed by atoms with E-state index in [1.54, 1.807) is 13.8 Å². The fourth-order valence-corrected chi connectivity index (χ4v) is 14.4. The summed E-state index contributed by atoms with van der Waals surface area (Å²) >= 11 is 0. The monoisotopic (exact) mass is 1040 g/mol. The van der Waals surface area contributed by atoms with E-state index in [1.165, 1.54) is 50.0 Å². The van der Waals surface area contributed by atoms with E-state index in [0.29, 0.717) is 43.6 Å². The molecule has 2 aromatic rings. The zero-order chi connectivity index (χ0) is 51.1. The molecule has 3 N–H and O–H groups in total. The number of aryl methyl sites for hydroxylation is 2. The normalized spacial score (nSPS) is 29.3. The highest BCUT2D eigenvalue weighted by atomic mass is 31.2. The molecule has 2 saturated heterocycles. The second-order valence-corrected chi connectivity index (χ2v) is 24.3. The molecular weight excluding hydrogens is 965 g/mol. The van der Waals surface area contributed by atoms with E-state index in [1.807, 2.05) is 41.5 Å². The number of H-pyrrole nitrogens is 2. The average molecular weight is 1040 g/mol. The third-order valence-corrected chi connectivity index (χ3v) is 19.5. The van der Waals surface area contributed by atoms with Gasteiger partial charge in [0.05, 0.1) is 42.6 Å². The Morgan fingerprint density at radius 2 is 1.19 bits per heavy atom. The van der Waals surface area contributed by atoms with Crippen molar-refractivity contribution in [1.82, 2.24) is 23.8 Å². The highest BCUT2D eigenvalue weighted by Crippen LogP contribution is 2.68. The number of aliphatic hydroxyl groups is 1. The number of hydrogen-bond acceptors (Lipinski definition) is 19. The number of hydrogen-bond donors (Lipinski definition) is 3. The Bertz CT molecular complexity index is 2380. The van der Waals surface area contributed by atoms with E-state index in [4.69, 9.17) is 51.4 Å². The molecule has 69 heavy (non-hydrogen) atoms. The van der Waals surface area contributed by atoms with Crippen molar-refractivity contribution in [1.29, 1.82) is 5.26 Å². The number of nitrogens with zero attached hydrogens (tertiary/aromatic N) is 4. The molecule has 0 aromatic carbocycles. The largest absolute Gasteiger partial charge is 0.387 e. The fraction of sp³-hybridized carbons (Fsp3) is 0.791. The zero-order valence-corrected chi connectivity index (χ0v) is 44.2. The Labute approximate surface area is 403 Å². The molecule has 2 aliphatic heterocycles. The van der Waals surface area contributed by atoms with Crippen molar-refractivity contribution < 1.29 is 60.3 Å². The van der Waals surface area contributed by atoms with Crippen molar-refractivity contribution >= 4 is 23.7 Å². The van der Waals surface area contributed by atoms with E-state index in [2.05, 4.69) is 20.7 Å². The third-order valence-electron chi connectivity index (χ3n) is 12.5. The van der Waals surface area contributed by atoms with Gasteiger partial charge in [-0.1, -0.05) is 13.8 Å². The van der Waals surface area contributed by atoms with Crippen molar-refractivity contribution in [2.75, 3.05) is 48.3 Å². The maximum atomic E-state index is 13.3. The lowest BCUT2D eigenvalue weighted by molar-refractivity contribution is -0.0719. The van der Waals surface area contributed by atoms with Crippen LogP contribution >= 0.6 is 23.7 Å². The molecule has 6 rings (SSSR count). The maximum Gasteiger partial charge on any atom is 0.333 e. The van der Waals surface area contributed by atoms with E-state index in [-0.39, 0.29) is 42.6 Å². The number of ether oxygens (including phenoxy) is 4. The van der Waals surface area contributed by atoms with Gasteiger partial charge in [0.1, 0.15) is 24.4 Å². The zero-order valence-electron chi connectivity index (χ0n) is 41.5. The first kappa shape index (κ1) is 57.2. The van der Waals surface area contributed by atoms with E-state index in [0.717, 1.165) is 6.42 Å². The van der Waals surface area contributed by atoms with Crippen LogP contribution in [0.4, 0.5) is 0 Å². The Morgan fingerprint density at radius 3 is 1.62 bits per heavy atom. The summed E-state index contributed by atoms with van der Waals surface area (Å²) in [5, 5.41) is 20.0. The molecule has 0 amide bonds. The molecular formula is C43H71N6O17P3. The van der Waals surface area contributed by atoms with Crippen molar-refractivity contribution in [3.8, 4) is 6.07 Å². The molecule has 2 saturated carbocycles. The van der Waals surface area contributed by atoms with Gasteiger partial charge in [0.25, 0.3) is 19.6 Å². The van der Waals surface area contributed by atoms with Crippen LogP contribution in [0, 0.1) is 37.0 Å². The van der Waals surface area contributed by atoms with E-state index >= 15 is 0 Å². The van der Waals surface area contributed by atoms with Gasteiger partial charge in [-0.2, -0.15) is 5.26 Å². The molecule has 2 aliphatic carbocycles. The van der Waals surface area contributed by atoms with E-state index in [9.17, 15) is 33.4 Å². The van der Waals surface area contributed by atoms with Gasteiger partial charge in [-0.15, -0.1) is 0 Å². The summed E-state index contributed by atoms with van der Waals surface area (Å²) in [5.74, 6) is -0.524. The topological polar surface area (TPSA) is 283 Å². The number of aliphatic hydroxyl groups excluding tert-OH is 1. The van der Waals surface area contributed by atoms with Crippen LogP contribution in [0.25, 0.3) is 0 Å². The van der Waals surface area contributed by atoms with Crippen molar-refractivity contribution in [2.45, 2.75) is 160 Å². The van der Waals surface area contributed by atoms with Crippen LogP contribution in [0.2, 0.25) is 0 Å². The third kappa shape index (κ3) is 12.9. The molecule has 26 heteroatoms. The first-order valence-electron chi connectivity index (χ1n) is 23.2. The lowest BCUT2D eigenvalue weighted by Gasteiger charge is -2.38. The fourth-order valence-electron chi connectivity index (χ4n) is 8.95. The minimum Gasteiger partial charge on any atom is -0.387 e. The van der Waals surface area contributed by atoms with Gasteiger partial charge in [0.15, 0.2) is 12.5 Å². The number of aromatic nitrogens is 4. The van der Waals surface area contributed by atoms with Gasteiger partial charge in [0.2, 0.25) is 0 Å². The van der Waals surface area contributed by atoms with Crippen molar-refractivity contribution in [2.24, 2.45) is 11.8 Å². The molecule has 4 heterocycles. The van der Waals surface area contributed by atoms with Crippen LogP contribution < -0.4 is 22.5 Å². The smallest absolute Gasteiger partial charge is 0.333 e. The summed E-state index contributed by atoms with van der Waals surface area (Å²) in [5.41, 5.74) is -2.39. The van der Waals surface area contributed by atoms with Crippen LogP contribution in [0.1, 0.15) is 97.2 Å². The summed E-state index contributed by atoms with van der Waals surface area (Å²) < 4.78 is 88.9. The first-order chi connectivity index (χ1) is 32.7. The van der Waals surface area contributed by atoms with Gasteiger partial charge < -0.3 is 51.2 Å². The lowest BCUT2D eigenvalue weighted by Crippen LogP contribution is -2.42. The SMILES string of the molecule is CCCOC1[C@@H](O)[C@@H](C2CC2P(=O)(OC)OC)O[C@H]1n1cc(C)c(=O)[nH]c1=O.CCCOC1[C@@H](OP(OCCC#N)N(C(C)C)C(C)C)[C@@H](C2CC2P(=O)(OC)OC)O[C@H]1n1cc(C)c(=O)[nH]c1=O. The molecule has 0 spiro atoms. The lowest BCUT2D eigenvalue weighted by atomic mass is 10.1. The predicted molar refractivity (Wildman–Crippen MR) is 253 cm³/mol. The molecule has 4 aliphatic rings. The second-order valence-electron chi connectivity index (χ2n) is 18.0. The van der Waals surface area contributed by atoms with Crippen LogP contribution in [0.5, 0.6) is 0 Å². The number of rotatable bonds is 24. The molecule has 2 aromatic heterocycles. The van der Waals surface area contributed by atoms with Crippen LogP contribution in [-0.2, 0) is 55.2 Å². The first-order valence-corrected chi connectivity index (χ1v) is 27.6. The van der Waals surface area contributed by atoms with Crippen LogP contribution in [-0.4, -0.2) is 137 Å². The highest BCUT2D eigenvalue weighted by Gasteiger charge is 2.64. The molecule has 23 nitrogen and oxygen atoms in total. The number of nitriles is 1. The minimum atomic E-state index is -3.40. The highest BCUT2D eigenvalue weighted by molar-refractivity contribution is 7.55. The van der Waals surface area contributed by atoms with Crippen molar-refractivity contribution in [3.63, 3.8) is 0 Å². The van der Waals surface area contributed by atoms with Gasteiger partial charge in [-0.05, 0) is 67.2 Å². The van der Waals surface area contributed by atoms with Gasteiger partial charge >= 0.3 is 26.6 Å². The van der Waals surface area contributed by atoms with Crippen LogP contribution in [0.15, 0.2) is 31.6 Å². The Balaban J connectivity index is 0.000000276. The number of aromatic amines is 2. The minimum absolute atomic E-state index is 0.0510. The van der Waals surface area contributed by atoms with E-state index < -0.39 is 101 Å². The molecule has 13 atom stereocenters. The summed E-state index contributed by atoms with van der Waals surface area (Å²) in [6.45, 7) is 16.1. The Morgan fingerprint density at radius 1 is 0.754 bits per heavy atom. The summed E-state index contributed by atoms with van der Waals surface area (Å²) in [6.07, 6.45) is -1.09. The Kier molecular flexibility index (Phi) is 20.5. The standard InChI is InChI=1S/C26H44N4O9P2.C17H27N2O8P/c1-9-12-36-23-22(39-40(37-13-10-11-27)30(16(2)3)17(4)5)21(19-14-20(19)41(33,34-7)35-8)38-25(23)29-15-18(6)24(31)28-26(29)32;1-5-6-26-14-12(20)13(10-7-11(10)28(23,24-3)25-4)27-16(14)19-8-9(2)15(21)18-17(19)22/h15-17,19-23,25H,9-10,12-14H2,1-8H3,(H,28,31,32);8,10-14,16,20H,5-7H2,1-4H3,(H,18,21,22)/t19?,20?,21-,22+,23?,25-,40?;10?,11?,12-,13+,14?,16+/m10/s1. The molecule has 390 valence electrons. The molecule has 0 bridgehead atoms. The Hall–Kier alpha value is -2.74. The molecule has 7 unspecified atom stereocenters. The average Bonchev–Trinajstić information content (AvgIpc) is 4.24. The second kappa shape index (κ2) is 24.8. The number of nitrogens with one attached hydrogen (secondary N) is 2. The van der Waals surface area contributed by atoms with Crippen LogP contribution in [0.3, 0.4) is 0 Å². The molecule has 4 fully saturated rings. The van der Waals surface area contributed by atoms with Gasteiger partial charge in [0, 0.05) is 89.1 Å². The summed E-state index contributed by atoms with van der Waals surface area (Å²) in [7, 11) is -3.03.